The van der Waals surface area contributed by atoms with Gasteiger partial charge < -0.3 is 10.4 Å². The van der Waals surface area contributed by atoms with Crippen LogP contribution in [0, 0.1) is 19.8 Å². The van der Waals surface area contributed by atoms with Crippen molar-refractivity contribution in [2.24, 2.45) is 5.92 Å². The van der Waals surface area contributed by atoms with Crippen molar-refractivity contribution in [3.63, 3.8) is 0 Å². The molecular weight excluding hydrogens is 266 g/mol. The molecule has 2 aromatic rings. The van der Waals surface area contributed by atoms with Crippen molar-refractivity contribution in [2.45, 2.75) is 20.8 Å². The van der Waals surface area contributed by atoms with E-state index in [1.807, 2.05) is 51.1 Å². The number of nitrogens with one attached hydrogen (secondary N) is 1. The molecule has 0 fully saturated rings. The summed E-state index contributed by atoms with van der Waals surface area (Å²) in [7, 11) is 0. The van der Waals surface area contributed by atoms with E-state index in [9.17, 15) is 4.79 Å². The predicted molar refractivity (Wildman–Crippen MR) is 81.6 cm³/mol. The zero-order valence-corrected chi connectivity index (χ0v) is 12.6. The Kier molecular flexibility index (Phi) is 4.75. The minimum atomic E-state index is -0.146. The Hall–Kier alpha value is -2.14. The van der Waals surface area contributed by atoms with Crippen LogP contribution in [0.15, 0.2) is 30.3 Å². The fourth-order valence-electron chi connectivity index (χ4n) is 2.21. The van der Waals surface area contributed by atoms with Gasteiger partial charge in [0.2, 0.25) is 0 Å². The summed E-state index contributed by atoms with van der Waals surface area (Å²) >= 11 is 0. The smallest absolute Gasteiger partial charge is 0.255 e. The van der Waals surface area contributed by atoms with Gasteiger partial charge in [0.15, 0.2) is 0 Å². The number of carbonyl (C=O) groups is 1. The molecule has 1 atom stereocenters. The van der Waals surface area contributed by atoms with E-state index in [0.29, 0.717) is 17.8 Å². The van der Waals surface area contributed by atoms with Crippen LogP contribution in [0.4, 0.5) is 0 Å². The third kappa shape index (κ3) is 3.31. The van der Waals surface area contributed by atoms with Gasteiger partial charge in [-0.15, -0.1) is 0 Å². The number of aliphatic hydroxyl groups is 1. The van der Waals surface area contributed by atoms with Crippen LogP contribution in [0.25, 0.3) is 5.69 Å². The van der Waals surface area contributed by atoms with Crippen LogP contribution in [0.1, 0.15) is 28.7 Å². The predicted octanol–water partition coefficient (Wildman–Crippen LogP) is 1.85. The third-order valence-electron chi connectivity index (χ3n) is 3.44. The fourth-order valence-corrected chi connectivity index (χ4v) is 2.21. The number of hydrogen-bond donors (Lipinski definition) is 2. The standard InChI is InChI=1S/C16H21N3O2/c1-11(10-20)9-17-16(21)15-12(2)18-19(13(15)3)14-7-5-4-6-8-14/h4-8,11,20H,9-10H2,1-3H3,(H,17,21). The molecule has 21 heavy (non-hydrogen) atoms. The summed E-state index contributed by atoms with van der Waals surface area (Å²) in [6.07, 6.45) is 0. The number of aryl methyl sites for hydroxylation is 1. The monoisotopic (exact) mass is 287 g/mol. The molecule has 0 aliphatic heterocycles. The zero-order valence-electron chi connectivity index (χ0n) is 12.6. The first-order valence-corrected chi connectivity index (χ1v) is 7.05. The highest BCUT2D eigenvalue weighted by molar-refractivity contribution is 5.96. The van der Waals surface area contributed by atoms with E-state index < -0.39 is 0 Å². The fraction of sp³-hybridized carbons (Fsp3) is 0.375. The molecule has 0 radical (unpaired) electrons. The molecule has 5 nitrogen and oxygen atoms in total. The highest BCUT2D eigenvalue weighted by Crippen LogP contribution is 2.17. The minimum absolute atomic E-state index is 0.0405. The third-order valence-corrected chi connectivity index (χ3v) is 3.44. The van der Waals surface area contributed by atoms with Gasteiger partial charge in [0, 0.05) is 13.2 Å². The quantitative estimate of drug-likeness (QED) is 0.882. The van der Waals surface area contributed by atoms with Crippen molar-refractivity contribution in [3.05, 3.63) is 47.3 Å². The van der Waals surface area contributed by atoms with Gasteiger partial charge in [0.1, 0.15) is 0 Å². The van der Waals surface area contributed by atoms with Crippen LogP contribution >= 0.6 is 0 Å². The average molecular weight is 287 g/mol. The maximum Gasteiger partial charge on any atom is 0.255 e. The highest BCUT2D eigenvalue weighted by atomic mass is 16.3. The normalized spacial score (nSPS) is 12.2. The molecule has 112 valence electrons. The minimum Gasteiger partial charge on any atom is -0.396 e. The molecule has 5 heteroatoms. The molecule has 2 rings (SSSR count). The Balaban J connectivity index is 2.25. The molecule has 1 unspecified atom stereocenters. The summed E-state index contributed by atoms with van der Waals surface area (Å²) in [5.74, 6) is -0.105. The van der Waals surface area contributed by atoms with Crippen molar-refractivity contribution in [1.29, 1.82) is 0 Å². The molecule has 2 N–H and O–H groups in total. The van der Waals surface area contributed by atoms with Crippen molar-refractivity contribution in [1.82, 2.24) is 15.1 Å². The zero-order chi connectivity index (χ0) is 15.4. The number of para-hydroxylation sites is 1. The number of hydrogen-bond acceptors (Lipinski definition) is 3. The summed E-state index contributed by atoms with van der Waals surface area (Å²) in [4.78, 5) is 12.3. The largest absolute Gasteiger partial charge is 0.396 e. The van der Waals surface area contributed by atoms with Gasteiger partial charge in [-0.3, -0.25) is 4.79 Å². The number of aromatic nitrogens is 2. The molecule has 0 aliphatic carbocycles. The van der Waals surface area contributed by atoms with Crippen LogP contribution < -0.4 is 5.32 Å². The first-order valence-electron chi connectivity index (χ1n) is 7.05. The molecule has 1 amide bonds. The van der Waals surface area contributed by atoms with Crippen LogP contribution in [-0.2, 0) is 0 Å². The maximum atomic E-state index is 12.3. The molecule has 0 saturated carbocycles. The molecule has 1 heterocycles. The average Bonchev–Trinajstić information content (AvgIpc) is 2.80. The van der Waals surface area contributed by atoms with Crippen molar-refractivity contribution >= 4 is 5.91 Å². The van der Waals surface area contributed by atoms with Crippen LogP contribution in [-0.4, -0.2) is 33.9 Å². The van der Waals surface area contributed by atoms with E-state index in [1.165, 1.54) is 0 Å². The summed E-state index contributed by atoms with van der Waals surface area (Å²) in [5, 5.41) is 16.3. The van der Waals surface area contributed by atoms with Crippen LogP contribution in [0.2, 0.25) is 0 Å². The van der Waals surface area contributed by atoms with Crippen LogP contribution in [0.5, 0.6) is 0 Å². The SMILES string of the molecule is Cc1nn(-c2ccccc2)c(C)c1C(=O)NCC(C)CO. The molecule has 0 spiro atoms. The highest BCUT2D eigenvalue weighted by Gasteiger charge is 2.19. The summed E-state index contributed by atoms with van der Waals surface area (Å²) in [6, 6.07) is 9.73. The van der Waals surface area contributed by atoms with E-state index in [4.69, 9.17) is 5.11 Å². The van der Waals surface area contributed by atoms with Gasteiger partial charge in [-0.1, -0.05) is 25.1 Å². The summed E-state index contributed by atoms with van der Waals surface area (Å²) < 4.78 is 1.78. The number of benzene rings is 1. The second-order valence-electron chi connectivity index (χ2n) is 5.29. The van der Waals surface area contributed by atoms with Gasteiger partial charge in [-0.2, -0.15) is 5.10 Å². The van der Waals surface area contributed by atoms with Crippen LogP contribution in [0.3, 0.4) is 0 Å². The lowest BCUT2D eigenvalue weighted by Gasteiger charge is -2.10. The molecule has 0 bridgehead atoms. The Morgan fingerprint density at radius 2 is 2.00 bits per heavy atom. The lowest BCUT2D eigenvalue weighted by atomic mass is 10.1. The molecule has 1 aromatic heterocycles. The van der Waals surface area contributed by atoms with Gasteiger partial charge >= 0.3 is 0 Å². The Morgan fingerprint density at radius 3 is 2.62 bits per heavy atom. The van der Waals surface area contributed by atoms with E-state index in [0.717, 1.165) is 11.4 Å². The second kappa shape index (κ2) is 6.54. The van der Waals surface area contributed by atoms with E-state index in [-0.39, 0.29) is 18.4 Å². The van der Waals surface area contributed by atoms with E-state index in [1.54, 1.807) is 4.68 Å². The Bertz CT molecular complexity index is 620. The Morgan fingerprint density at radius 1 is 1.33 bits per heavy atom. The van der Waals surface area contributed by atoms with Crippen molar-refractivity contribution in [3.8, 4) is 5.69 Å². The summed E-state index contributed by atoms with van der Waals surface area (Å²) in [6.45, 7) is 6.11. The Labute approximate surface area is 124 Å². The topological polar surface area (TPSA) is 67.2 Å². The molecule has 1 aromatic carbocycles. The van der Waals surface area contributed by atoms with Gasteiger partial charge in [0.25, 0.3) is 5.91 Å². The number of rotatable bonds is 5. The van der Waals surface area contributed by atoms with Gasteiger partial charge in [-0.05, 0) is 31.9 Å². The molecule has 0 saturated heterocycles. The number of carbonyl (C=O) groups excluding carboxylic acids is 1. The lowest BCUT2D eigenvalue weighted by Crippen LogP contribution is -2.30. The van der Waals surface area contributed by atoms with Gasteiger partial charge in [0.05, 0.1) is 22.6 Å². The van der Waals surface area contributed by atoms with Crippen molar-refractivity contribution < 1.29 is 9.90 Å². The lowest BCUT2D eigenvalue weighted by molar-refractivity contribution is 0.0941. The maximum absolute atomic E-state index is 12.3. The summed E-state index contributed by atoms with van der Waals surface area (Å²) in [5.41, 5.74) is 3.04. The number of amides is 1. The van der Waals surface area contributed by atoms with E-state index in [2.05, 4.69) is 10.4 Å². The van der Waals surface area contributed by atoms with E-state index >= 15 is 0 Å². The first-order chi connectivity index (χ1) is 10.0. The molecule has 0 aliphatic rings. The number of nitrogens with zero attached hydrogens (tertiary/aromatic N) is 2. The second-order valence-corrected chi connectivity index (χ2v) is 5.29. The first kappa shape index (κ1) is 15.3. The number of aliphatic hydroxyl groups excluding tert-OH is 1. The van der Waals surface area contributed by atoms with Crippen molar-refractivity contribution in [2.75, 3.05) is 13.2 Å². The van der Waals surface area contributed by atoms with Gasteiger partial charge in [-0.25, -0.2) is 4.68 Å². The molecular formula is C16H21N3O2.